The van der Waals surface area contributed by atoms with Crippen LogP contribution in [-0.4, -0.2) is 31.2 Å². The standard InChI is InChI=1S/C9H15NO/c1-11-7-9-5-4-8-3-2-6-10(8)9/h3,9H,2,4-7H2,1H3/t9-/m0/s1. The number of hydrogen-bond acceptors (Lipinski definition) is 2. The van der Waals surface area contributed by atoms with Crippen LogP contribution in [0, 0.1) is 0 Å². The average molecular weight is 153 g/mol. The van der Waals surface area contributed by atoms with Gasteiger partial charge in [0.2, 0.25) is 0 Å². The van der Waals surface area contributed by atoms with Crippen molar-refractivity contribution in [2.75, 3.05) is 20.3 Å². The van der Waals surface area contributed by atoms with Crippen LogP contribution < -0.4 is 0 Å². The van der Waals surface area contributed by atoms with Crippen LogP contribution in [0.5, 0.6) is 0 Å². The third kappa shape index (κ3) is 1.16. The molecule has 0 saturated carbocycles. The zero-order valence-corrected chi connectivity index (χ0v) is 7.05. The number of methoxy groups -OCH3 is 1. The number of ether oxygens (including phenoxy) is 1. The van der Waals surface area contributed by atoms with Gasteiger partial charge in [0.25, 0.3) is 0 Å². The van der Waals surface area contributed by atoms with Crippen molar-refractivity contribution in [3.05, 3.63) is 11.8 Å². The molecule has 2 nitrogen and oxygen atoms in total. The van der Waals surface area contributed by atoms with Gasteiger partial charge in [0.05, 0.1) is 12.6 Å². The van der Waals surface area contributed by atoms with E-state index in [1.807, 2.05) is 0 Å². The van der Waals surface area contributed by atoms with E-state index in [-0.39, 0.29) is 0 Å². The molecule has 1 atom stereocenters. The summed E-state index contributed by atoms with van der Waals surface area (Å²) in [6.45, 7) is 2.13. The summed E-state index contributed by atoms with van der Waals surface area (Å²) in [6, 6.07) is 0.675. The van der Waals surface area contributed by atoms with Gasteiger partial charge in [-0.05, 0) is 19.3 Å². The Morgan fingerprint density at radius 1 is 1.73 bits per heavy atom. The van der Waals surface area contributed by atoms with Gasteiger partial charge in [-0.3, -0.25) is 0 Å². The first kappa shape index (κ1) is 7.17. The van der Waals surface area contributed by atoms with Crippen LogP contribution in [0.25, 0.3) is 0 Å². The van der Waals surface area contributed by atoms with Gasteiger partial charge < -0.3 is 9.64 Å². The number of hydrogen-bond donors (Lipinski definition) is 0. The van der Waals surface area contributed by atoms with Crippen LogP contribution in [-0.2, 0) is 4.74 Å². The molecule has 11 heavy (non-hydrogen) atoms. The second kappa shape index (κ2) is 2.86. The Hall–Kier alpha value is -0.500. The fourth-order valence-electron chi connectivity index (χ4n) is 2.13. The number of fused-ring (bicyclic) bond motifs is 1. The lowest BCUT2D eigenvalue weighted by molar-refractivity contribution is 0.130. The molecule has 2 heteroatoms. The van der Waals surface area contributed by atoms with Gasteiger partial charge in [0.1, 0.15) is 0 Å². The molecule has 0 aromatic heterocycles. The summed E-state index contributed by atoms with van der Waals surface area (Å²) in [5, 5.41) is 0. The third-order valence-corrected chi connectivity index (χ3v) is 2.65. The Morgan fingerprint density at radius 2 is 2.64 bits per heavy atom. The van der Waals surface area contributed by atoms with Crippen molar-refractivity contribution in [1.29, 1.82) is 0 Å². The van der Waals surface area contributed by atoms with Crippen molar-refractivity contribution >= 4 is 0 Å². The predicted molar refractivity (Wildman–Crippen MR) is 44.3 cm³/mol. The first-order valence-corrected chi connectivity index (χ1v) is 4.36. The maximum atomic E-state index is 5.17. The summed E-state index contributed by atoms with van der Waals surface area (Å²) in [5.74, 6) is 0. The molecular weight excluding hydrogens is 138 g/mol. The lowest BCUT2D eigenvalue weighted by Gasteiger charge is -2.22. The highest BCUT2D eigenvalue weighted by Crippen LogP contribution is 2.31. The molecule has 0 aliphatic carbocycles. The predicted octanol–water partition coefficient (Wildman–Crippen LogP) is 1.38. The lowest BCUT2D eigenvalue weighted by Crippen LogP contribution is -2.30. The van der Waals surface area contributed by atoms with Crippen LogP contribution in [0.15, 0.2) is 11.8 Å². The maximum Gasteiger partial charge on any atom is 0.0666 e. The normalized spacial score (nSPS) is 29.0. The summed E-state index contributed by atoms with van der Waals surface area (Å²) in [7, 11) is 1.79. The van der Waals surface area contributed by atoms with Crippen molar-refractivity contribution in [2.24, 2.45) is 0 Å². The maximum absolute atomic E-state index is 5.17. The summed E-state index contributed by atoms with van der Waals surface area (Å²) in [6.07, 6.45) is 6.18. The summed E-state index contributed by atoms with van der Waals surface area (Å²) < 4.78 is 5.17. The van der Waals surface area contributed by atoms with Crippen LogP contribution >= 0.6 is 0 Å². The molecular formula is C9H15NO. The Bertz CT molecular complexity index is 176. The smallest absolute Gasteiger partial charge is 0.0666 e. The van der Waals surface area contributed by atoms with E-state index in [2.05, 4.69) is 11.0 Å². The van der Waals surface area contributed by atoms with E-state index in [1.165, 1.54) is 25.8 Å². The molecule has 1 saturated heterocycles. The SMILES string of the molecule is COC[C@@H]1CCC2=CCCN21. The monoisotopic (exact) mass is 153 g/mol. The fraction of sp³-hybridized carbons (Fsp3) is 0.778. The molecule has 0 bridgehead atoms. The number of allylic oxidation sites excluding steroid dienone is 1. The number of nitrogens with zero attached hydrogens (tertiary/aromatic N) is 1. The molecule has 2 aliphatic heterocycles. The molecule has 0 radical (unpaired) electrons. The molecule has 62 valence electrons. The van der Waals surface area contributed by atoms with Crippen LogP contribution in [0.1, 0.15) is 19.3 Å². The van der Waals surface area contributed by atoms with Crippen molar-refractivity contribution in [3.8, 4) is 0 Å². The van der Waals surface area contributed by atoms with Crippen molar-refractivity contribution in [3.63, 3.8) is 0 Å². The quantitative estimate of drug-likeness (QED) is 0.594. The van der Waals surface area contributed by atoms with Gasteiger partial charge in [0, 0.05) is 19.4 Å². The van der Waals surface area contributed by atoms with Crippen LogP contribution in [0.3, 0.4) is 0 Å². The van der Waals surface area contributed by atoms with Crippen molar-refractivity contribution in [1.82, 2.24) is 4.90 Å². The molecule has 1 fully saturated rings. The van der Waals surface area contributed by atoms with E-state index in [1.54, 1.807) is 12.8 Å². The number of rotatable bonds is 2. The minimum Gasteiger partial charge on any atom is -0.383 e. The van der Waals surface area contributed by atoms with Crippen molar-refractivity contribution in [2.45, 2.75) is 25.3 Å². The molecule has 2 aliphatic rings. The summed E-state index contributed by atoms with van der Waals surface area (Å²) in [4.78, 5) is 2.50. The third-order valence-electron chi connectivity index (χ3n) is 2.65. The molecule has 0 amide bonds. The van der Waals surface area contributed by atoms with E-state index in [4.69, 9.17) is 4.74 Å². The van der Waals surface area contributed by atoms with Gasteiger partial charge in [0.15, 0.2) is 0 Å². The molecule has 2 heterocycles. The Labute approximate surface area is 67.8 Å². The topological polar surface area (TPSA) is 12.5 Å². The Morgan fingerprint density at radius 3 is 3.45 bits per heavy atom. The highest BCUT2D eigenvalue weighted by molar-refractivity contribution is 5.14. The molecule has 2 rings (SSSR count). The van der Waals surface area contributed by atoms with Crippen LogP contribution in [0.2, 0.25) is 0 Å². The van der Waals surface area contributed by atoms with E-state index in [0.29, 0.717) is 6.04 Å². The second-order valence-electron chi connectivity index (χ2n) is 3.33. The van der Waals surface area contributed by atoms with E-state index in [0.717, 1.165) is 6.61 Å². The first-order valence-electron chi connectivity index (χ1n) is 4.36. The first-order chi connectivity index (χ1) is 5.42. The van der Waals surface area contributed by atoms with Gasteiger partial charge in [-0.2, -0.15) is 0 Å². The highest BCUT2D eigenvalue weighted by Gasteiger charge is 2.29. The van der Waals surface area contributed by atoms with Crippen molar-refractivity contribution < 1.29 is 4.74 Å². The second-order valence-corrected chi connectivity index (χ2v) is 3.33. The molecule has 0 N–H and O–H groups in total. The summed E-state index contributed by atoms with van der Waals surface area (Å²) >= 11 is 0. The Balaban J connectivity index is 2.00. The largest absolute Gasteiger partial charge is 0.383 e. The highest BCUT2D eigenvalue weighted by atomic mass is 16.5. The van der Waals surface area contributed by atoms with E-state index in [9.17, 15) is 0 Å². The molecule has 0 unspecified atom stereocenters. The molecule has 0 spiro atoms. The zero-order chi connectivity index (χ0) is 7.68. The Kier molecular flexibility index (Phi) is 1.86. The summed E-state index contributed by atoms with van der Waals surface area (Å²) in [5.41, 5.74) is 1.56. The minimum atomic E-state index is 0.675. The van der Waals surface area contributed by atoms with Gasteiger partial charge in [-0.25, -0.2) is 0 Å². The van der Waals surface area contributed by atoms with Gasteiger partial charge >= 0.3 is 0 Å². The molecule has 0 aromatic carbocycles. The zero-order valence-electron chi connectivity index (χ0n) is 7.05. The average Bonchev–Trinajstić information content (AvgIpc) is 2.53. The fourth-order valence-corrected chi connectivity index (χ4v) is 2.13. The van der Waals surface area contributed by atoms with Crippen LogP contribution in [0.4, 0.5) is 0 Å². The van der Waals surface area contributed by atoms with Gasteiger partial charge in [-0.1, -0.05) is 6.08 Å². The minimum absolute atomic E-state index is 0.675. The van der Waals surface area contributed by atoms with Gasteiger partial charge in [-0.15, -0.1) is 0 Å². The lowest BCUT2D eigenvalue weighted by atomic mass is 10.2. The molecule has 0 aromatic rings. The van der Waals surface area contributed by atoms with E-state index < -0.39 is 0 Å². The van der Waals surface area contributed by atoms with E-state index >= 15 is 0 Å².